The van der Waals surface area contributed by atoms with E-state index in [1.807, 2.05) is 0 Å². The first-order valence-corrected chi connectivity index (χ1v) is 7.42. The van der Waals surface area contributed by atoms with E-state index >= 15 is 0 Å². The molecule has 1 amide bonds. The predicted octanol–water partition coefficient (Wildman–Crippen LogP) is -1.16. The molecule has 12 heteroatoms. The summed E-state index contributed by atoms with van der Waals surface area (Å²) >= 11 is 0. The minimum Gasteiger partial charge on any atom is -0.481 e. The van der Waals surface area contributed by atoms with Gasteiger partial charge in [-0.3, -0.25) is 14.4 Å². The van der Waals surface area contributed by atoms with Gasteiger partial charge in [-0.25, -0.2) is 9.52 Å². The minimum atomic E-state index is -4.55. The molecule has 0 saturated heterocycles. The number of ketones is 1. The number of nitrogens with one attached hydrogen (secondary N) is 2. The van der Waals surface area contributed by atoms with E-state index in [2.05, 4.69) is 4.74 Å². The Morgan fingerprint density at radius 2 is 1.77 bits per heavy atom. The van der Waals surface area contributed by atoms with Gasteiger partial charge in [0.25, 0.3) is 0 Å². The molecule has 0 fully saturated rings. The molecular weight excluding hydrogens is 324 g/mol. The number of carboxylic acids is 2. The number of ether oxygens (including phenoxy) is 1. The average Bonchev–Trinajstić information content (AvgIpc) is 2.31. The molecule has 0 aliphatic rings. The minimum absolute atomic E-state index is 0.0156. The molecule has 0 aromatic heterocycles. The Hall–Kier alpha value is -2.21. The van der Waals surface area contributed by atoms with Crippen LogP contribution in [0.25, 0.3) is 0 Å². The summed E-state index contributed by atoms with van der Waals surface area (Å²) in [6, 6.07) is -1.73. The summed E-state index contributed by atoms with van der Waals surface area (Å²) in [7, 11) is -4.55. The normalized spacial score (nSPS) is 12.2. The molecule has 11 nitrogen and oxygen atoms in total. The second-order valence-electron chi connectivity index (χ2n) is 4.15. The summed E-state index contributed by atoms with van der Waals surface area (Å²) in [5, 5.41) is 17.1. The number of rotatable bonds is 10. The van der Waals surface area contributed by atoms with Crippen molar-refractivity contribution in [3.8, 4) is 0 Å². The molecule has 22 heavy (non-hydrogen) atoms. The monoisotopic (exact) mass is 340 g/mol. The Kier molecular flexibility index (Phi) is 8.04. The van der Waals surface area contributed by atoms with Crippen molar-refractivity contribution in [2.24, 2.45) is 0 Å². The summed E-state index contributed by atoms with van der Waals surface area (Å²) in [6.45, 7) is 0.748. The van der Waals surface area contributed by atoms with Crippen molar-refractivity contribution in [3.05, 3.63) is 0 Å². The highest BCUT2D eigenvalue weighted by atomic mass is 32.2. The van der Waals surface area contributed by atoms with Gasteiger partial charge in [0.05, 0.1) is 6.61 Å². The van der Waals surface area contributed by atoms with E-state index in [1.54, 1.807) is 4.72 Å². The van der Waals surface area contributed by atoms with E-state index in [9.17, 15) is 27.6 Å². The zero-order chi connectivity index (χ0) is 17.3. The molecule has 0 radical (unpaired) electrons. The number of Topliss-reactive ketones (excluding diaryl/α,β-unsaturated/α-hetero) is 1. The first-order valence-electron chi connectivity index (χ1n) is 5.94. The smallest absolute Gasteiger partial charge is 0.421 e. The molecule has 0 saturated carbocycles. The van der Waals surface area contributed by atoms with Crippen LogP contribution in [0, 0.1) is 0 Å². The SMILES string of the molecule is CC(=O)CC(NS(=O)(=O)NC(=O)OCCCC(=O)O)C(=O)O. The lowest BCUT2D eigenvalue weighted by atomic mass is 10.2. The fourth-order valence-electron chi connectivity index (χ4n) is 1.21. The number of hydrogen-bond acceptors (Lipinski definition) is 7. The fourth-order valence-corrected chi connectivity index (χ4v) is 2.11. The van der Waals surface area contributed by atoms with Crippen molar-refractivity contribution in [2.75, 3.05) is 6.61 Å². The zero-order valence-corrected chi connectivity index (χ0v) is 12.4. The summed E-state index contributed by atoms with van der Waals surface area (Å²) in [5.74, 6) is -3.26. The molecule has 0 rings (SSSR count). The van der Waals surface area contributed by atoms with Gasteiger partial charge in [-0.05, 0) is 13.3 Å². The van der Waals surface area contributed by atoms with Crippen LogP contribution in [0.1, 0.15) is 26.2 Å². The maximum atomic E-state index is 11.5. The van der Waals surface area contributed by atoms with Gasteiger partial charge in [-0.1, -0.05) is 0 Å². The van der Waals surface area contributed by atoms with Crippen LogP contribution < -0.4 is 9.44 Å². The molecule has 1 unspecified atom stereocenters. The van der Waals surface area contributed by atoms with E-state index in [0.29, 0.717) is 0 Å². The number of amides is 1. The van der Waals surface area contributed by atoms with Gasteiger partial charge < -0.3 is 14.9 Å². The fraction of sp³-hybridized carbons (Fsp3) is 0.600. The highest BCUT2D eigenvalue weighted by Crippen LogP contribution is 1.97. The van der Waals surface area contributed by atoms with Gasteiger partial charge in [0, 0.05) is 12.8 Å². The molecule has 4 N–H and O–H groups in total. The Morgan fingerprint density at radius 3 is 2.23 bits per heavy atom. The Balaban J connectivity index is 4.42. The van der Waals surface area contributed by atoms with Crippen molar-refractivity contribution in [1.82, 2.24) is 9.44 Å². The topological polar surface area (TPSA) is 176 Å². The summed E-state index contributed by atoms with van der Waals surface area (Å²) < 4.78 is 30.4. The molecule has 0 aromatic carbocycles. The van der Waals surface area contributed by atoms with E-state index in [0.717, 1.165) is 6.92 Å². The number of carboxylic acid groups (broad SMARTS) is 2. The third-order valence-electron chi connectivity index (χ3n) is 2.07. The van der Waals surface area contributed by atoms with Crippen LogP contribution in [0.5, 0.6) is 0 Å². The van der Waals surface area contributed by atoms with Crippen molar-refractivity contribution in [2.45, 2.75) is 32.2 Å². The molecule has 1 atom stereocenters. The maximum Gasteiger partial charge on any atom is 0.421 e. The van der Waals surface area contributed by atoms with Gasteiger partial charge in [0.15, 0.2) is 0 Å². The Labute approximate surface area is 125 Å². The van der Waals surface area contributed by atoms with Crippen LogP contribution in [-0.4, -0.2) is 55.1 Å². The summed E-state index contributed by atoms with van der Waals surface area (Å²) in [4.78, 5) is 43.0. The molecule has 0 aliphatic carbocycles. The molecule has 0 bridgehead atoms. The van der Waals surface area contributed by atoms with Crippen LogP contribution >= 0.6 is 0 Å². The number of carbonyl (C=O) groups is 4. The van der Waals surface area contributed by atoms with Gasteiger partial charge >= 0.3 is 28.2 Å². The Morgan fingerprint density at radius 1 is 1.18 bits per heavy atom. The molecule has 0 heterocycles. The third kappa shape index (κ3) is 9.66. The second kappa shape index (κ2) is 8.94. The van der Waals surface area contributed by atoms with E-state index in [-0.39, 0.29) is 19.4 Å². The van der Waals surface area contributed by atoms with E-state index < -0.39 is 46.5 Å². The lowest BCUT2D eigenvalue weighted by molar-refractivity contribution is -0.140. The van der Waals surface area contributed by atoms with Gasteiger partial charge in [0.2, 0.25) is 0 Å². The molecular formula is C10H16N2O9S. The van der Waals surface area contributed by atoms with Crippen molar-refractivity contribution in [3.63, 3.8) is 0 Å². The highest BCUT2D eigenvalue weighted by molar-refractivity contribution is 7.88. The quantitative estimate of drug-likeness (QED) is 0.357. The number of hydrogen-bond donors (Lipinski definition) is 4. The van der Waals surface area contributed by atoms with Crippen LogP contribution in [0.3, 0.4) is 0 Å². The first kappa shape index (κ1) is 19.8. The lowest BCUT2D eigenvalue weighted by Crippen LogP contribution is -2.48. The summed E-state index contributed by atoms with van der Waals surface area (Å²) in [6.07, 6.45) is -2.27. The second-order valence-corrected chi connectivity index (χ2v) is 5.60. The maximum absolute atomic E-state index is 11.5. The Bertz CT molecular complexity index is 543. The van der Waals surface area contributed by atoms with Gasteiger partial charge in [-0.15, -0.1) is 0 Å². The predicted molar refractivity (Wildman–Crippen MR) is 70.1 cm³/mol. The zero-order valence-electron chi connectivity index (χ0n) is 11.6. The summed E-state index contributed by atoms with van der Waals surface area (Å²) in [5.41, 5.74) is 0. The van der Waals surface area contributed by atoms with Gasteiger partial charge in [0.1, 0.15) is 11.8 Å². The van der Waals surface area contributed by atoms with Crippen molar-refractivity contribution >= 4 is 34.0 Å². The standard InChI is InChI=1S/C10H16N2O9S/c1-6(13)5-7(9(16)17)11-22(19,20)12-10(18)21-4-2-3-8(14)15/h7,11H,2-5H2,1H3,(H,12,18)(H,14,15)(H,16,17). The van der Waals surface area contributed by atoms with Crippen LogP contribution in [0.4, 0.5) is 4.79 Å². The highest BCUT2D eigenvalue weighted by Gasteiger charge is 2.26. The molecule has 0 aromatic rings. The average molecular weight is 340 g/mol. The van der Waals surface area contributed by atoms with Crippen molar-refractivity contribution in [1.29, 1.82) is 0 Å². The van der Waals surface area contributed by atoms with Crippen LogP contribution in [-0.2, 0) is 29.3 Å². The lowest BCUT2D eigenvalue weighted by Gasteiger charge is -2.13. The molecule has 126 valence electrons. The molecule has 0 aliphatic heterocycles. The largest absolute Gasteiger partial charge is 0.481 e. The molecule has 0 spiro atoms. The van der Waals surface area contributed by atoms with E-state index in [1.165, 1.54) is 4.72 Å². The van der Waals surface area contributed by atoms with Crippen molar-refractivity contribution < 1.29 is 42.5 Å². The number of aliphatic carboxylic acids is 2. The van der Waals surface area contributed by atoms with Gasteiger partial charge in [-0.2, -0.15) is 13.1 Å². The van der Waals surface area contributed by atoms with E-state index in [4.69, 9.17) is 10.2 Å². The first-order chi connectivity index (χ1) is 10.0. The van der Waals surface area contributed by atoms with Crippen LogP contribution in [0.15, 0.2) is 0 Å². The third-order valence-corrected chi connectivity index (χ3v) is 3.10. The van der Waals surface area contributed by atoms with Crippen LogP contribution in [0.2, 0.25) is 0 Å². The number of carbonyl (C=O) groups excluding carboxylic acids is 2.